The Labute approximate surface area is 125 Å². The second kappa shape index (κ2) is 6.68. The minimum absolute atomic E-state index is 0.600. The van der Waals surface area contributed by atoms with Gasteiger partial charge in [0, 0.05) is 24.9 Å². The molecule has 0 aromatic carbocycles. The second-order valence-corrected chi connectivity index (χ2v) is 6.61. The molecule has 3 heterocycles. The Morgan fingerprint density at radius 1 is 1.35 bits per heavy atom. The van der Waals surface area contributed by atoms with E-state index < -0.39 is 0 Å². The number of aryl methyl sites for hydroxylation is 1. The van der Waals surface area contributed by atoms with Crippen molar-refractivity contribution in [3.05, 3.63) is 17.8 Å². The minimum Gasteiger partial charge on any atom is -0.380 e. The van der Waals surface area contributed by atoms with Crippen molar-refractivity contribution in [2.45, 2.75) is 25.8 Å². The summed E-state index contributed by atoms with van der Waals surface area (Å²) in [5.41, 5.74) is 2.29. The maximum absolute atomic E-state index is 5.39. The number of morpholine rings is 1. The van der Waals surface area contributed by atoms with Gasteiger partial charge in [0.05, 0.1) is 24.6 Å². The molecule has 2 fully saturated rings. The van der Waals surface area contributed by atoms with E-state index in [2.05, 4.69) is 29.3 Å². The second-order valence-electron chi connectivity index (χ2n) is 5.46. The summed E-state index contributed by atoms with van der Waals surface area (Å²) < 4.78 is 5.39. The van der Waals surface area contributed by atoms with E-state index in [4.69, 9.17) is 9.72 Å². The normalized spacial score (nSPS) is 23.6. The SMILES string of the molecule is Cc1nc(N2CCOCC2)ccc1N[C@H]1CCCSC1. The molecule has 3 rings (SSSR count). The van der Waals surface area contributed by atoms with Crippen LogP contribution >= 0.6 is 11.8 Å². The predicted octanol–water partition coefficient (Wildman–Crippen LogP) is 2.53. The van der Waals surface area contributed by atoms with Gasteiger partial charge in [0.25, 0.3) is 0 Å². The minimum atomic E-state index is 0.600. The lowest BCUT2D eigenvalue weighted by Gasteiger charge is -2.29. The van der Waals surface area contributed by atoms with Crippen LogP contribution in [0.1, 0.15) is 18.5 Å². The van der Waals surface area contributed by atoms with Crippen LogP contribution in [0.2, 0.25) is 0 Å². The van der Waals surface area contributed by atoms with Gasteiger partial charge in [0.2, 0.25) is 0 Å². The molecule has 2 aliphatic rings. The Morgan fingerprint density at radius 2 is 2.20 bits per heavy atom. The van der Waals surface area contributed by atoms with Crippen molar-refractivity contribution in [1.82, 2.24) is 4.98 Å². The monoisotopic (exact) mass is 293 g/mol. The van der Waals surface area contributed by atoms with Crippen LogP contribution in [-0.4, -0.2) is 48.8 Å². The predicted molar refractivity (Wildman–Crippen MR) is 86.0 cm³/mol. The first-order valence-electron chi connectivity index (χ1n) is 7.47. The van der Waals surface area contributed by atoms with Gasteiger partial charge in [-0.15, -0.1) is 0 Å². The molecule has 2 aliphatic heterocycles. The molecule has 110 valence electrons. The number of hydrogen-bond acceptors (Lipinski definition) is 5. The molecule has 0 spiro atoms. The summed E-state index contributed by atoms with van der Waals surface area (Å²) in [4.78, 5) is 7.07. The van der Waals surface area contributed by atoms with E-state index in [1.54, 1.807) is 0 Å². The number of thioether (sulfide) groups is 1. The number of aromatic nitrogens is 1. The Balaban J connectivity index is 1.66. The molecule has 1 N–H and O–H groups in total. The first-order valence-corrected chi connectivity index (χ1v) is 8.63. The summed E-state index contributed by atoms with van der Waals surface area (Å²) in [7, 11) is 0. The molecule has 0 amide bonds. The lowest BCUT2D eigenvalue weighted by molar-refractivity contribution is 0.122. The first kappa shape index (κ1) is 14.0. The Morgan fingerprint density at radius 3 is 2.90 bits per heavy atom. The van der Waals surface area contributed by atoms with E-state index in [9.17, 15) is 0 Å². The van der Waals surface area contributed by atoms with Crippen molar-refractivity contribution in [2.75, 3.05) is 48.0 Å². The molecule has 2 saturated heterocycles. The molecular weight excluding hydrogens is 270 g/mol. The molecule has 5 heteroatoms. The Bertz CT molecular complexity index is 443. The van der Waals surface area contributed by atoms with E-state index >= 15 is 0 Å². The summed E-state index contributed by atoms with van der Waals surface area (Å²) in [6, 6.07) is 4.92. The molecule has 0 saturated carbocycles. The fourth-order valence-corrected chi connectivity index (χ4v) is 3.82. The fraction of sp³-hybridized carbons (Fsp3) is 0.667. The highest BCUT2D eigenvalue weighted by molar-refractivity contribution is 7.99. The third-order valence-corrected chi connectivity index (χ3v) is 5.14. The van der Waals surface area contributed by atoms with E-state index in [1.807, 2.05) is 11.8 Å². The number of ether oxygens (including phenoxy) is 1. The van der Waals surface area contributed by atoms with Gasteiger partial charge in [0.15, 0.2) is 0 Å². The lowest BCUT2D eigenvalue weighted by Crippen LogP contribution is -2.36. The zero-order valence-corrected chi connectivity index (χ0v) is 12.9. The summed E-state index contributed by atoms with van der Waals surface area (Å²) in [5, 5.41) is 3.65. The van der Waals surface area contributed by atoms with Crippen LogP contribution in [0.5, 0.6) is 0 Å². The van der Waals surface area contributed by atoms with Crippen LogP contribution in [0.3, 0.4) is 0 Å². The van der Waals surface area contributed by atoms with E-state index in [0.29, 0.717) is 6.04 Å². The molecular formula is C15H23N3OS. The standard InChI is InChI=1S/C15H23N3OS/c1-12-14(17-13-3-2-10-20-11-13)4-5-15(16-12)18-6-8-19-9-7-18/h4-5,13,17H,2-3,6-11H2,1H3/t13-/m0/s1. The van der Waals surface area contributed by atoms with Crippen LogP contribution in [0, 0.1) is 6.92 Å². The average molecular weight is 293 g/mol. The van der Waals surface area contributed by atoms with Crippen LogP contribution < -0.4 is 10.2 Å². The quantitative estimate of drug-likeness (QED) is 0.927. The number of anilines is 2. The van der Waals surface area contributed by atoms with Crippen molar-refractivity contribution in [3.8, 4) is 0 Å². The van der Waals surface area contributed by atoms with Crippen LogP contribution in [-0.2, 0) is 4.74 Å². The first-order chi connectivity index (χ1) is 9.83. The average Bonchev–Trinajstić information content (AvgIpc) is 2.51. The van der Waals surface area contributed by atoms with Crippen molar-refractivity contribution in [3.63, 3.8) is 0 Å². The largest absolute Gasteiger partial charge is 0.380 e. The smallest absolute Gasteiger partial charge is 0.129 e. The van der Waals surface area contributed by atoms with Gasteiger partial charge in [-0.05, 0) is 37.7 Å². The molecule has 0 aliphatic carbocycles. The van der Waals surface area contributed by atoms with Crippen molar-refractivity contribution in [1.29, 1.82) is 0 Å². The Hall–Kier alpha value is -0.940. The number of rotatable bonds is 3. The zero-order valence-electron chi connectivity index (χ0n) is 12.1. The van der Waals surface area contributed by atoms with E-state index in [0.717, 1.165) is 37.8 Å². The number of hydrogen-bond donors (Lipinski definition) is 1. The molecule has 0 radical (unpaired) electrons. The molecule has 1 aromatic heterocycles. The highest BCUT2D eigenvalue weighted by Gasteiger charge is 2.16. The van der Waals surface area contributed by atoms with Gasteiger partial charge in [-0.25, -0.2) is 4.98 Å². The highest BCUT2D eigenvalue weighted by atomic mass is 32.2. The molecule has 0 unspecified atom stereocenters. The van der Waals surface area contributed by atoms with Gasteiger partial charge in [-0.1, -0.05) is 0 Å². The van der Waals surface area contributed by atoms with Gasteiger partial charge in [0.1, 0.15) is 5.82 Å². The van der Waals surface area contributed by atoms with Gasteiger partial charge in [-0.3, -0.25) is 0 Å². The van der Waals surface area contributed by atoms with E-state index in [1.165, 1.54) is 30.0 Å². The molecule has 20 heavy (non-hydrogen) atoms. The topological polar surface area (TPSA) is 37.4 Å². The zero-order chi connectivity index (χ0) is 13.8. The van der Waals surface area contributed by atoms with Crippen molar-refractivity contribution >= 4 is 23.3 Å². The van der Waals surface area contributed by atoms with Gasteiger partial charge in [-0.2, -0.15) is 11.8 Å². The maximum atomic E-state index is 5.39. The third-order valence-electron chi connectivity index (χ3n) is 3.93. The summed E-state index contributed by atoms with van der Waals surface area (Å²) in [6.45, 7) is 5.60. The lowest BCUT2D eigenvalue weighted by atomic mass is 10.1. The van der Waals surface area contributed by atoms with Gasteiger partial charge < -0.3 is 15.0 Å². The summed E-state index contributed by atoms with van der Waals surface area (Å²) >= 11 is 2.05. The maximum Gasteiger partial charge on any atom is 0.129 e. The number of nitrogens with one attached hydrogen (secondary N) is 1. The van der Waals surface area contributed by atoms with Crippen LogP contribution in [0.25, 0.3) is 0 Å². The number of pyridine rings is 1. The fourth-order valence-electron chi connectivity index (χ4n) is 2.74. The molecule has 4 nitrogen and oxygen atoms in total. The van der Waals surface area contributed by atoms with Crippen LogP contribution in [0.4, 0.5) is 11.5 Å². The number of nitrogens with zero attached hydrogens (tertiary/aromatic N) is 2. The van der Waals surface area contributed by atoms with Crippen LogP contribution in [0.15, 0.2) is 12.1 Å². The summed E-state index contributed by atoms with van der Waals surface area (Å²) in [5.74, 6) is 3.60. The Kier molecular flexibility index (Phi) is 4.68. The molecule has 0 bridgehead atoms. The molecule has 1 aromatic rings. The molecule has 1 atom stereocenters. The summed E-state index contributed by atoms with van der Waals surface area (Å²) in [6.07, 6.45) is 2.60. The van der Waals surface area contributed by atoms with Gasteiger partial charge >= 0.3 is 0 Å². The van der Waals surface area contributed by atoms with Crippen molar-refractivity contribution < 1.29 is 4.74 Å². The van der Waals surface area contributed by atoms with E-state index in [-0.39, 0.29) is 0 Å². The highest BCUT2D eigenvalue weighted by Crippen LogP contribution is 2.24. The van der Waals surface area contributed by atoms with Crippen molar-refractivity contribution in [2.24, 2.45) is 0 Å². The third kappa shape index (κ3) is 3.38.